The maximum Gasteiger partial charge on any atom is 0.300 e. The van der Waals surface area contributed by atoms with Crippen LogP contribution in [0.15, 0.2) is 72.3 Å². The molecule has 0 aromatic heterocycles. The molecule has 7 heteroatoms. The molecule has 6 nitrogen and oxygen atoms in total. The van der Waals surface area contributed by atoms with E-state index in [2.05, 4.69) is 0 Å². The van der Waals surface area contributed by atoms with E-state index in [1.807, 2.05) is 6.92 Å². The van der Waals surface area contributed by atoms with Crippen molar-refractivity contribution in [3.05, 3.63) is 94.0 Å². The highest BCUT2D eigenvalue weighted by Gasteiger charge is 2.48. The van der Waals surface area contributed by atoms with Crippen molar-refractivity contribution in [1.82, 2.24) is 0 Å². The lowest BCUT2D eigenvalue weighted by atomic mass is 9.94. The molecular weight excluding hydrogens is 442 g/mol. The van der Waals surface area contributed by atoms with E-state index < -0.39 is 17.7 Å². The number of anilines is 1. The summed E-state index contributed by atoms with van der Waals surface area (Å²) in [6.45, 7) is 1.81. The Balaban J connectivity index is 2.02. The first-order valence-corrected chi connectivity index (χ1v) is 10.6. The highest BCUT2D eigenvalue weighted by atomic mass is 35.5. The first-order chi connectivity index (χ1) is 15.9. The Hall–Kier alpha value is -3.77. The smallest absolute Gasteiger partial charge is 0.300 e. The first kappa shape index (κ1) is 22.4. The molecule has 3 aromatic carbocycles. The van der Waals surface area contributed by atoms with Crippen LogP contribution >= 0.6 is 11.6 Å². The lowest BCUT2D eigenvalue weighted by Crippen LogP contribution is -2.29. The summed E-state index contributed by atoms with van der Waals surface area (Å²) < 4.78 is 10.9. The van der Waals surface area contributed by atoms with Gasteiger partial charge in [-0.3, -0.25) is 14.5 Å². The number of hydrogen-bond acceptors (Lipinski definition) is 5. The van der Waals surface area contributed by atoms with Gasteiger partial charge >= 0.3 is 0 Å². The van der Waals surface area contributed by atoms with Crippen molar-refractivity contribution in [3.8, 4) is 11.5 Å². The second-order valence-corrected chi connectivity index (χ2v) is 7.98. The number of ketones is 1. The summed E-state index contributed by atoms with van der Waals surface area (Å²) in [4.78, 5) is 28.0. The van der Waals surface area contributed by atoms with E-state index in [1.165, 1.54) is 19.1 Å². The van der Waals surface area contributed by atoms with Crippen molar-refractivity contribution in [1.29, 1.82) is 0 Å². The fourth-order valence-corrected chi connectivity index (χ4v) is 4.09. The number of rotatable bonds is 5. The maximum absolute atomic E-state index is 13.3. The summed E-state index contributed by atoms with van der Waals surface area (Å²) >= 11 is 6.20. The summed E-state index contributed by atoms with van der Waals surface area (Å²) in [5, 5.41) is 11.7. The Bertz CT molecular complexity index is 1270. The zero-order chi connectivity index (χ0) is 23.7. The molecular formula is C26H22ClNO5. The van der Waals surface area contributed by atoms with Crippen molar-refractivity contribution in [2.24, 2.45) is 0 Å². The number of amides is 1. The molecule has 3 aromatic rings. The van der Waals surface area contributed by atoms with E-state index in [4.69, 9.17) is 21.1 Å². The molecule has 1 atom stereocenters. The summed E-state index contributed by atoms with van der Waals surface area (Å²) in [5.41, 5.74) is 2.11. The van der Waals surface area contributed by atoms with E-state index in [-0.39, 0.29) is 11.3 Å². The van der Waals surface area contributed by atoms with Crippen LogP contribution in [0.5, 0.6) is 11.5 Å². The average molecular weight is 464 g/mol. The second-order valence-electron chi connectivity index (χ2n) is 7.58. The summed E-state index contributed by atoms with van der Waals surface area (Å²) in [6.07, 6.45) is 0. The van der Waals surface area contributed by atoms with Gasteiger partial charge in [-0.1, -0.05) is 41.9 Å². The van der Waals surface area contributed by atoms with Crippen LogP contribution in [-0.4, -0.2) is 31.0 Å². The second kappa shape index (κ2) is 9.00. The van der Waals surface area contributed by atoms with Gasteiger partial charge in [-0.25, -0.2) is 0 Å². The van der Waals surface area contributed by atoms with Crippen molar-refractivity contribution >= 4 is 34.7 Å². The standard InChI is InChI=1S/C26H22ClNO5/c1-15-13-17(9-11-20(15)27)28-23(19-14-18(32-2)10-12-21(19)33-3)22(25(30)26(28)31)24(29)16-7-5-4-6-8-16/h4-14,23,29H,1-3H3/t23-/m1/s1. The molecule has 1 aliphatic rings. The van der Waals surface area contributed by atoms with Crippen LogP contribution in [0.1, 0.15) is 22.7 Å². The molecule has 0 aliphatic carbocycles. The molecule has 1 amide bonds. The largest absolute Gasteiger partial charge is 0.507 e. The normalized spacial score (nSPS) is 17.3. The number of methoxy groups -OCH3 is 2. The number of nitrogens with zero attached hydrogens (tertiary/aromatic N) is 1. The first-order valence-electron chi connectivity index (χ1n) is 10.2. The minimum absolute atomic E-state index is 0.0367. The van der Waals surface area contributed by atoms with E-state index in [0.29, 0.717) is 33.3 Å². The summed E-state index contributed by atoms with van der Waals surface area (Å²) in [7, 11) is 3.02. The minimum Gasteiger partial charge on any atom is -0.507 e. The Morgan fingerprint density at radius 1 is 0.970 bits per heavy atom. The van der Waals surface area contributed by atoms with Gasteiger partial charge in [0.05, 0.1) is 25.8 Å². The number of aliphatic hydroxyl groups is 1. The third kappa shape index (κ3) is 3.94. The molecule has 1 saturated heterocycles. The molecule has 168 valence electrons. The number of ether oxygens (including phenoxy) is 2. The van der Waals surface area contributed by atoms with Gasteiger partial charge in [0, 0.05) is 21.8 Å². The number of aliphatic hydroxyl groups excluding tert-OH is 1. The maximum atomic E-state index is 13.3. The molecule has 1 heterocycles. The number of carbonyl (C=O) groups is 2. The molecule has 0 unspecified atom stereocenters. The molecule has 1 fully saturated rings. The Morgan fingerprint density at radius 2 is 1.70 bits per heavy atom. The molecule has 1 aliphatic heterocycles. The van der Waals surface area contributed by atoms with Gasteiger partial charge in [0.15, 0.2) is 0 Å². The van der Waals surface area contributed by atoms with E-state index in [0.717, 1.165) is 5.56 Å². The quantitative estimate of drug-likeness (QED) is 0.316. The van der Waals surface area contributed by atoms with Crippen LogP contribution in [0.2, 0.25) is 5.02 Å². The van der Waals surface area contributed by atoms with Crippen LogP contribution in [-0.2, 0) is 9.59 Å². The zero-order valence-electron chi connectivity index (χ0n) is 18.3. The number of aryl methyl sites for hydroxylation is 1. The highest BCUT2D eigenvalue weighted by Crippen LogP contribution is 2.46. The Labute approximate surface area is 196 Å². The van der Waals surface area contributed by atoms with Gasteiger partial charge in [0.1, 0.15) is 17.3 Å². The summed E-state index contributed by atoms with van der Waals surface area (Å²) in [6, 6.07) is 17.9. The summed E-state index contributed by atoms with van der Waals surface area (Å²) in [5.74, 6) is -0.861. The molecule has 0 spiro atoms. The minimum atomic E-state index is -0.948. The van der Waals surface area contributed by atoms with Crippen LogP contribution in [0.4, 0.5) is 5.69 Å². The Kier molecular flexibility index (Phi) is 6.11. The van der Waals surface area contributed by atoms with Gasteiger partial charge in [0.2, 0.25) is 0 Å². The number of halogens is 1. The van der Waals surface area contributed by atoms with Crippen LogP contribution in [0, 0.1) is 6.92 Å². The predicted octanol–water partition coefficient (Wildman–Crippen LogP) is 5.29. The van der Waals surface area contributed by atoms with Crippen molar-refractivity contribution in [3.63, 3.8) is 0 Å². The third-order valence-electron chi connectivity index (χ3n) is 5.64. The number of hydrogen-bond donors (Lipinski definition) is 1. The lowest BCUT2D eigenvalue weighted by Gasteiger charge is -2.27. The number of carbonyl (C=O) groups excluding carboxylic acids is 2. The molecule has 1 N–H and O–H groups in total. The van der Waals surface area contributed by atoms with Gasteiger partial charge in [0.25, 0.3) is 11.7 Å². The fraction of sp³-hybridized carbons (Fsp3) is 0.154. The number of benzene rings is 3. The SMILES string of the molecule is COc1ccc(OC)c([C@@H]2C(=C(O)c3ccccc3)C(=O)C(=O)N2c2ccc(Cl)c(C)c2)c1. The molecule has 0 bridgehead atoms. The van der Waals surface area contributed by atoms with Gasteiger partial charge in [-0.05, 0) is 48.9 Å². The molecule has 0 saturated carbocycles. The lowest BCUT2D eigenvalue weighted by molar-refractivity contribution is -0.132. The van der Waals surface area contributed by atoms with Crippen LogP contribution in [0.25, 0.3) is 5.76 Å². The van der Waals surface area contributed by atoms with Crippen LogP contribution in [0.3, 0.4) is 0 Å². The van der Waals surface area contributed by atoms with E-state index in [9.17, 15) is 14.7 Å². The van der Waals surface area contributed by atoms with Gasteiger partial charge in [-0.15, -0.1) is 0 Å². The number of Topliss-reactive ketones (excluding diaryl/α,β-unsaturated/α-hetero) is 1. The predicted molar refractivity (Wildman–Crippen MR) is 127 cm³/mol. The average Bonchev–Trinajstić information content (AvgIpc) is 3.10. The molecule has 33 heavy (non-hydrogen) atoms. The third-order valence-corrected chi connectivity index (χ3v) is 6.07. The van der Waals surface area contributed by atoms with Gasteiger partial charge in [-0.2, -0.15) is 0 Å². The highest BCUT2D eigenvalue weighted by molar-refractivity contribution is 6.51. The topological polar surface area (TPSA) is 76.1 Å². The van der Waals surface area contributed by atoms with Gasteiger partial charge < -0.3 is 14.6 Å². The monoisotopic (exact) mass is 463 g/mol. The van der Waals surface area contributed by atoms with E-state index in [1.54, 1.807) is 66.7 Å². The van der Waals surface area contributed by atoms with Crippen molar-refractivity contribution < 1.29 is 24.2 Å². The van der Waals surface area contributed by atoms with Crippen molar-refractivity contribution in [2.75, 3.05) is 19.1 Å². The Morgan fingerprint density at radius 3 is 2.33 bits per heavy atom. The zero-order valence-corrected chi connectivity index (χ0v) is 19.1. The fourth-order valence-electron chi connectivity index (χ4n) is 3.98. The molecule has 0 radical (unpaired) electrons. The van der Waals surface area contributed by atoms with Crippen LogP contribution < -0.4 is 14.4 Å². The molecule has 4 rings (SSSR count). The van der Waals surface area contributed by atoms with Crippen molar-refractivity contribution in [2.45, 2.75) is 13.0 Å². The van der Waals surface area contributed by atoms with E-state index >= 15 is 0 Å².